The Bertz CT molecular complexity index is 1810. The first-order chi connectivity index (χ1) is 19.1. The molecule has 0 bridgehead atoms. The number of hydrogen-bond donors (Lipinski definition) is 1. The van der Waals surface area contributed by atoms with Gasteiger partial charge in [-0.15, -0.1) is 0 Å². The van der Waals surface area contributed by atoms with Gasteiger partial charge in [-0.05, 0) is 50.6 Å². The maximum Gasteiger partial charge on any atom is 0.280 e. The van der Waals surface area contributed by atoms with Crippen LogP contribution in [-0.2, 0) is 10.3 Å². The van der Waals surface area contributed by atoms with Crippen molar-refractivity contribution in [2.75, 3.05) is 17.3 Å². The van der Waals surface area contributed by atoms with Crippen molar-refractivity contribution in [3.8, 4) is 23.3 Å². The average Bonchev–Trinajstić information content (AvgIpc) is 3.53. The number of anilines is 2. The zero-order valence-electron chi connectivity index (χ0n) is 21.8. The summed E-state index contributed by atoms with van der Waals surface area (Å²) in [6.07, 6.45) is 1.43. The number of benzene rings is 2. The Balaban J connectivity index is 1.73. The molecule has 1 spiro atoms. The molecule has 10 nitrogen and oxygen atoms in total. The minimum absolute atomic E-state index is 0.0769. The Morgan fingerprint density at radius 2 is 1.82 bits per heavy atom. The minimum atomic E-state index is -1.63. The number of aryl methyl sites for hydroxylation is 1. The summed E-state index contributed by atoms with van der Waals surface area (Å²) in [5, 5.41) is 13.1. The molecule has 12 heteroatoms. The molecule has 1 atom stereocenters. The van der Waals surface area contributed by atoms with Gasteiger partial charge in [0.1, 0.15) is 11.9 Å². The molecule has 2 aliphatic heterocycles. The maximum atomic E-state index is 14.4. The van der Waals surface area contributed by atoms with Crippen LogP contribution in [0.4, 0.5) is 11.4 Å². The highest BCUT2D eigenvalue weighted by atomic mass is 35.5. The average molecular weight is 574 g/mol. The molecule has 2 aromatic carbocycles. The number of nitriles is 1. The van der Waals surface area contributed by atoms with Crippen LogP contribution < -0.4 is 15.0 Å². The lowest BCUT2D eigenvalue weighted by Gasteiger charge is -2.36. The predicted molar refractivity (Wildman–Crippen MR) is 149 cm³/mol. The van der Waals surface area contributed by atoms with Crippen molar-refractivity contribution in [1.82, 2.24) is 19.5 Å². The molecule has 1 N–H and O–H groups in total. The fourth-order valence-corrected chi connectivity index (χ4v) is 5.89. The third-order valence-electron chi connectivity index (χ3n) is 7.16. The van der Waals surface area contributed by atoms with Gasteiger partial charge in [0.25, 0.3) is 11.8 Å². The normalized spacial score (nSPS) is 17.3. The van der Waals surface area contributed by atoms with E-state index in [1.54, 1.807) is 36.4 Å². The summed E-state index contributed by atoms with van der Waals surface area (Å²) in [5.74, 6) is -0.553. The van der Waals surface area contributed by atoms with Crippen LogP contribution in [0.5, 0.6) is 5.88 Å². The fraction of sp³-hybridized carbons (Fsp3) is 0.214. The van der Waals surface area contributed by atoms with Crippen molar-refractivity contribution in [3.63, 3.8) is 0 Å². The number of fused-ring (bicyclic) bond motifs is 4. The summed E-state index contributed by atoms with van der Waals surface area (Å²) in [6, 6.07) is 11.9. The monoisotopic (exact) mass is 573 g/mol. The second-order valence-electron chi connectivity index (χ2n) is 9.75. The molecule has 2 amide bonds. The lowest BCUT2D eigenvalue weighted by atomic mass is 9.86. The zero-order valence-corrected chi connectivity index (χ0v) is 23.3. The topological polar surface area (TPSA) is 126 Å². The van der Waals surface area contributed by atoms with Crippen LogP contribution in [0.1, 0.15) is 53.0 Å². The summed E-state index contributed by atoms with van der Waals surface area (Å²) >= 11 is 12.7. The first-order valence-electron chi connectivity index (χ1n) is 12.3. The van der Waals surface area contributed by atoms with E-state index >= 15 is 0 Å². The summed E-state index contributed by atoms with van der Waals surface area (Å²) in [5.41, 5.74) is 1.47. The van der Waals surface area contributed by atoms with Crippen molar-refractivity contribution >= 4 is 46.4 Å². The van der Waals surface area contributed by atoms with Crippen LogP contribution in [0.3, 0.4) is 0 Å². The standard InChI is InChI=1S/C28H21Cl2N7O3/c1-13(2)36-23-22(35-24(36)17-12-32-21(11-31)34-25(17)40-4)26(38)37(20-10-16(30)6-5-14(20)3)28(23)18-8-7-15(29)9-19(18)33-27(28)39/h5-10,12-13H,1-4H3,(H,33,39). The number of amides is 2. The van der Waals surface area contributed by atoms with Crippen molar-refractivity contribution in [1.29, 1.82) is 5.26 Å². The van der Waals surface area contributed by atoms with Gasteiger partial charge in [0, 0.05) is 33.5 Å². The Kier molecular flexibility index (Phi) is 5.83. The predicted octanol–water partition coefficient (Wildman–Crippen LogP) is 5.27. The number of aromatic nitrogens is 4. The first kappa shape index (κ1) is 25.8. The largest absolute Gasteiger partial charge is 0.480 e. The highest BCUT2D eigenvalue weighted by Crippen LogP contribution is 2.55. The van der Waals surface area contributed by atoms with Gasteiger partial charge >= 0.3 is 0 Å². The van der Waals surface area contributed by atoms with Crippen molar-refractivity contribution < 1.29 is 14.3 Å². The van der Waals surface area contributed by atoms with Gasteiger partial charge in [-0.3, -0.25) is 14.5 Å². The third-order valence-corrected chi connectivity index (χ3v) is 7.63. The van der Waals surface area contributed by atoms with E-state index in [1.165, 1.54) is 18.2 Å². The van der Waals surface area contributed by atoms with Gasteiger partial charge in [-0.2, -0.15) is 10.2 Å². The van der Waals surface area contributed by atoms with Gasteiger partial charge < -0.3 is 14.6 Å². The summed E-state index contributed by atoms with van der Waals surface area (Å²) in [7, 11) is 1.42. The molecule has 6 rings (SSSR count). The third kappa shape index (κ3) is 3.38. The molecule has 0 saturated carbocycles. The van der Waals surface area contributed by atoms with Gasteiger partial charge in [0.15, 0.2) is 11.2 Å². The number of hydrogen-bond acceptors (Lipinski definition) is 7. The molecule has 0 saturated heterocycles. The number of methoxy groups -OCH3 is 1. The number of ether oxygens (including phenoxy) is 1. The van der Waals surface area contributed by atoms with E-state index in [9.17, 15) is 14.9 Å². The molecule has 1 unspecified atom stereocenters. The van der Waals surface area contributed by atoms with Crippen molar-refractivity contribution in [2.24, 2.45) is 0 Å². The zero-order chi connectivity index (χ0) is 28.5. The lowest BCUT2D eigenvalue weighted by molar-refractivity contribution is -0.119. The van der Waals surface area contributed by atoms with Crippen molar-refractivity contribution in [3.05, 3.63) is 81.0 Å². The number of imidazole rings is 1. The van der Waals surface area contributed by atoms with Crippen LogP contribution in [0.15, 0.2) is 42.6 Å². The molecule has 200 valence electrons. The number of rotatable bonds is 4. The van der Waals surface area contributed by atoms with Crippen molar-refractivity contribution in [2.45, 2.75) is 32.4 Å². The van der Waals surface area contributed by atoms with Crippen LogP contribution >= 0.6 is 23.2 Å². The SMILES string of the molecule is COc1nc(C#N)ncc1-c1nc2c(n1C(C)C)C1(C(=O)Nc3cc(Cl)ccc31)N(c1cc(Cl)ccc1C)C2=O. The van der Waals surface area contributed by atoms with Gasteiger partial charge in [-0.1, -0.05) is 35.3 Å². The molecule has 2 aliphatic rings. The Hall–Kier alpha value is -4.46. The Labute approximate surface area is 239 Å². The lowest BCUT2D eigenvalue weighted by Crippen LogP contribution is -2.51. The second-order valence-corrected chi connectivity index (χ2v) is 10.6. The number of nitrogens with zero attached hydrogens (tertiary/aromatic N) is 6. The van der Waals surface area contributed by atoms with E-state index in [1.807, 2.05) is 31.4 Å². The molecular formula is C28H21Cl2N7O3. The molecular weight excluding hydrogens is 553 g/mol. The second kappa shape index (κ2) is 9.05. The number of halogens is 2. The Morgan fingerprint density at radius 1 is 1.10 bits per heavy atom. The quantitative estimate of drug-likeness (QED) is 0.352. The first-order valence-corrected chi connectivity index (χ1v) is 13.1. The van der Waals surface area contributed by atoms with Gasteiger partial charge in [0.05, 0.1) is 24.1 Å². The van der Waals surface area contributed by atoms with E-state index in [0.29, 0.717) is 44.1 Å². The number of carbonyl (C=O) groups is 2. The summed E-state index contributed by atoms with van der Waals surface area (Å²) < 4.78 is 7.30. The Morgan fingerprint density at radius 3 is 2.52 bits per heavy atom. The molecule has 0 fully saturated rings. The van der Waals surface area contributed by atoms with E-state index in [-0.39, 0.29) is 23.4 Å². The van der Waals surface area contributed by atoms with Crippen LogP contribution in [0.25, 0.3) is 11.4 Å². The van der Waals surface area contributed by atoms with Crippen LogP contribution in [0, 0.1) is 18.3 Å². The minimum Gasteiger partial charge on any atom is -0.480 e. The number of nitrogens with one attached hydrogen (secondary N) is 1. The van der Waals surface area contributed by atoms with Gasteiger partial charge in [-0.25, -0.2) is 9.97 Å². The van der Waals surface area contributed by atoms with Gasteiger partial charge in [0.2, 0.25) is 11.7 Å². The van der Waals surface area contributed by atoms with E-state index in [4.69, 9.17) is 32.9 Å². The molecule has 0 radical (unpaired) electrons. The fourth-order valence-electron chi connectivity index (χ4n) is 5.55. The molecule has 2 aromatic heterocycles. The highest BCUT2D eigenvalue weighted by Gasteiger charge is 2.64. The molecule has 4 heterocycles. The van der Waals surface area contributed by atoms with E-state index < -0.39 is 17.4 Å². The summed E-state index contributed by atoms with van der Waals surface area (Å²) in [6.45, 7) is 5.69. The molecule has 0 aliphatic carbocycles. The molecule has 40 heavy (non-hydrogen) atoms. The van der Waals surface area contributed by atoms with Crippen LogP contribution in [-0.4, -0.2) is 38.4 Å². The number of carbonyl (C=O) groups excluding carboxylic acids is 2. The van der Waals surface area contributed by atoms with E-state index in [2.05, 4.69) is 15.3 Å². The smallest absolute Gasteiger partial charge is 0.280 e. The highest BCUT2D eigenvalue weighted by molar-refractivity contribution is 6.32. The van der Waals surface area contributed by atoms with Crippen LogP contribution in [0.2, 0.25) is 10.0 Å². The maximum absolute atomic E-state index is 14.4. The van der Waals surface area contributed by atoms with E-state index in [0.717, 1.165) is 5.56 Å². The molecule has 4 aromatic rings. The summed E-state index contributed by atoms with van der Waals surface area (Å²) in [4.78, 5) is 43.2.